The third-order valence-electron chi connectivity index (χ3n) is 4.63. The molecule has 1 saturated heterocycles. The minimum Gasteiger partial charge on any atom is -0.450 e. The van der Waals surface area contributed by atoms with Gasteiger partial charge in [-0.05, 0) is 78.8 Å². The highest BCUT2D eigenvalue weighted by atomic mass is 35.5. The summed E-state index contributed by atoms with van der Waals surface area (Å²) in [5.74, 6) is -0.662. The maximum atomic E-state index is 13.1. The number of amides is 2. The topological polar surface area (TPSA) is 62.6 Å². The van der Waals surface area contributed by atoms with Crippen molar-refractivity contribution in [3.63, 3.8) is 0 Å². The van der Waals surface area contributed by atoms with Gasteiger partial charge in [0.25, 0.3) is 11.8 Å². The van der Waals surface area contributed by atoms with Crippen LogP contribution in [0.1, 0.15) is 18.2 Å². The predicted molar refractivity (Wildman–Crippen MR) is 126 cm³/mol. The average Bonchev–Trinajstić information content (AvgIpc) is 3.20. The summed E-state index contributed by atoms with van der Waals surface area (Å²) in [6.45, 7) is 2.05. The van der Waals surface area contributed by atoms with Crippen LogP contribution in [0.15, 0.2) is 80.6 Å². The van der Waals surface area contributed by atoms with Gasteiger partial charge in [-0.1, -0.05) is 42.4 Å². The molecular formula is C23H17ClN2O3S2. The molecule has 1 aliphatic heterocycles. The molecule has 2 heterocycles. The van der Waals surface area contributed by atoms with E-state index in [0.717, 1.165) is 16.9 Å². The van der Waals surface area contributed by atoms with E-state index in [1.807, 2.05) is 36.4 Å². The van der Waals surface area contributed by atoms with Gasteiger partial charge in [0.2, 0.25) is 0 Å². The Morgan fingerprint density at radius 3 is 2.45 bits per heavy atom. The zero-order chi connectivity index (χ0) is 22.0. The van der Waals surface area contributed by atoms with E-state index in [9.17, 15) is 9.59 Å². The average molecular weight is 469 g/mol. The van der Waals surface area contributed by atoms with Crippen LogP contribution in [0, 0.1) is 0 Å². The molecule has 156 valence electrons. The number of benzene rings is 2. The predicted octanol–water partition coefficient (Wildman–Crippen LogP) is 5.48. The van der Waals surface area contributed by atoms with Gasteiger partial charge in [0.15, 0.2) is 10.2 Å². The lowest BCUT2D eigenvalue weighted by Crippen LogP contribution is -2.54. The van der Waals surface area contributed by atoms with Gasteiger partial charge >= 0.3 is 0 Å². The first-order valence-corrected chi connectivity index (χ1v) is 11.1. The van der Waals surface area contributed by atoms with Gasteiger partial charge in [-0.3, -0.25) is 19.8 Å². The van der Waals surface area contributed by atoms with Crippen molar-refractivity contribution in [2.75, 3.05) is 4.90 Å². The van der Waals surface area contributed by atoms with Gasteiger partial charge in [-0.25, -0.2) is 0 Å². The van der Waals surface area contributed by atoms with Gasteiger partial charge < -0.3 is 4.42 Å². The molecule has 0 atom stereocenters. The number of hydrogen-bond donors (Lipinski definition) is 1. The number of aryl methyl sites for hydroxylation is 1. The molecule has 1 N–H and O–H groups in total. The number of hydrogen-bond acceptors (Lipinski definition) is 5. The Kier molecular flexibility index (Phi) is 6.27. The Bertz CT molecular complexity index is 1180. The lowest BCUT2D eigenvalue weighted by molar-refractivity contribution is -0.122. The summed E-state index contributed by atoms with van der Waals surface area (Å²) in [4.78, 5) is 27.8. The van der Waals surface area contributed by atoms with E-state index < -0.39 is 11.8 Å². The second kappa shape index (κ2) is 9.09. The quantitative estimate of drug-likeness (QED) is 0.305. The van der Waals surface area contributed by atoms with Gasteiger partial charge in [0.05, 0.1) is 5.69 Å². The van der Waals surface area contributed by atoms with Crippen molar-refractivity contribution < 1.29 is 14.0 Å². The van der Waals surface area contributed by atoms with Gasteiger partial charge in [0.1, 0.15) is 11.3 Å². The summed E-state index contributed by atoms with van der Waals surface area (Å²) < 4.78 is 5.79. The molecule has 2 aromatic carbocycles. The van der Waals surface area contributed by atoms with Crippen molar-refractivity contribution in [1.82, 2.24) is 5.32 Å². The number of thiocarbonyl (C=S) groups is 1. The van der Waals surface area contributed by atoms with Crippen molar-refractivity contribution >= 4 is 64.3 Å². The lowest BCUT2D eigenvalue weighted by Gasteiger charge is -2.28. The van der Waals surface area contributed by atoms with Crippen molar-refractivity contribution in [3.8, 4) is 0 Å². The third kappa shape index (κ3) is 4.74. The van der Waals surface area contributed by atoms with E-state index in [-0.39, 0.29) is 10.7 Å². The Hall–Kier alpha value is -2.87. The SMILES string of the molecule is CCc1ccc(N2C(=O)/C(=C/c3ccc(Sc4ccc(Cl)cc4)o3)C(=O)NC2=S)cc1. The normalized spacial score (nSPS) is 15.5. The molecule has 4 rings (SSSR count). The molecule has 0 aliphatic carbocycles. The smallest absolute Gasteiger partial charge is 0.270 e. The van der Waals surface area contributed by atoms with Crippen molar-refractivity contribution in [1.29, 1.82) is 0 Å². The van der Waals surface area contributed by atoms with E-state index in [1.54, 1.807) is 24.3 Å². The van der Waals surface area contributed by atoms with Crippen LogP contribution in [0.4, 0.5) is 5.69 Å². The summed E-state index contributed by atoms with van der Waals surface area (Å²) in [5.41, 5.74) is 1.68. The molecule has 3 aromatic rings. The fourth-order valence-electron chi connectivity index (χ4n) is 3.00. The molecule has 0 bridgehead atoms. The Morgan fingerprint density at radius 2 is 1.77 bits per heavy atom. The monoisotopic (exact) mass is 468 g/mol. The van der Waals surface area contributed by atoms with Gasteiger partial charge in [0, 0.05) is 9.92 Å². The minimum absolute atomic E-state index is 0.0504. The van der Waals surface area contributed by atoms with Crippen LogP contribution < -0.4 is 10.2 Å². The van der Waals surface area contributed by atoms with Gasteiger partial charge in [-0.2, -0.15) is 0 Å². The molecule has 0 radical (unpaired) electrons. The second-order valence-corrected chi connectivity index (χ2v) is 8.59. The maximum absolute atomic E-state index is 13.1. The lowest BCUT2D eigenvalue weighted by atomic mass is 10.1. The molecule has 1 aromatic heterocycles. The first-order chi connectivity index (χ1) is 14.9. The van der Waals surface area contributed by atoms with Crippen molar-refractivity contribution in [3.05, 3.63) is 82.6 Å². The number of furan rings is 1. The number of nitrogens with one attached hydrogen (secondary N) is 1. The molecule has 0 unspecified atom stereocenters. The van der Waals surface area contributed by atoms with Crippen LogP contribution in [0.5, 0.6) is 0 Å². The summed E-state index contributed by atoms with van der Waals surface area (Å²) in [5, 5.41) is 3.91. The van der Waals surface area contributed by atoms with E-state index in [4.69, 9.17) is 28.2 Å². The van der Waals surface area contributed by atoms with E-state index in [2.05, 4.69) is 12.2 Å². The van der Waals surface area contributed by atoms with Crippen LogP contribution >= 0.6 is 35.6 Å². The van der Waals surface area contributed by atoms with Crippen LogP contribution in [0.3, 0.4) is 0 Å². The number of anilines is 1. The highest BCUT2D eigenvalue weighted by molar-refractivity contribution is 7.99. The number of carbonyl (C=O) groups excluding carboxylic acids is 2. The van der Waals surface area contributed by atoms with E-state index in [0.29, 0.717) is 21.6 Å². The zero-order valence-electron chi connectivity index (χ0n) is 16.4. The number of rotatable bonds is 5. The first-order valence-electron chi connectivity index (χ1n) is 9.48. The van der Waals surface area contributed by atoms with Crippen molar-refractivity contribution in [2.45, 2.75) is 23.3 Å². The Labute approximate surface area is 194 Å². The Balaban J connectivity index is 1.58. The molecule has 1 fully saturated rings. The largest absolute Gasteiger partial charge is 0.450 e. The summed E-state index contributed by atoms with van der Waals surface area (Å²) in [7, 11) is 0. The molecule has 8 heteroatoms. The van der Waals surface area contributed by atoms with Crippen LogP contribution in [-0.2, 0) is 16.0 Å². The first kappa shape index (κ1) is 21.4. The molecule has 0 spiro atoms. The number of carbonyl (C=O) groups is 2. The van der Waals surface area contributed by atoms with Crippen molar-refractivity contribution in [2.24, 2.45) is 0 Å². The maximum Gasteiger partial charge on any atom is 0.270 e. The minimum atomic E-state index is -0.556. The van der Waals surface area contributed by atoms with Crippen LogP contribution in [-0.4, -0.2) is 16.9 Å². The van der Waals surface area contributed by atoms with E-state index >= 15 is 0 Å². The third-order valence-corrected chi connectivity index (χ3v) is 6.09. The highest BCUT2D eigenvalue weighted by Gasteiger charge is 2.34. The molecule has 5 nitrogen and oxygen atoms in total. The standard InChI is InChI=1S/C23H17ClN2O3S2/c1-2-14-3-7-16(8-4-14)26-22(28)19(21(27)25-23(26)30)13-17-9-12-20(29-17)31-18-10-5-15(24)6-11-18/h3-13H,2H2,1H3,(H,25,27,30)/b19-13+. The Morgan fingerprint density at radius 1 is 1.06 bits per heavy atom. The molecule has 31 heavy (non-hydrogen) atoms. The van der Waals surface area contributed by atoms with Crippen LogP contribution in [0.2, 0.25) is 5.02 Å². The molecule has 1 aliphatic rings. The summed E-state index contributed by atoms with van der Waals surface area (Å²) in [6, 6.07) is 18.3. The zero-order valence-corrected chi connectivity index (χ0v) is 18.8. The number of halogens is 1. The fraction of sp³-hybridized carbons (Fsp3) is 0.0870. The molecular weight excluding hydrogens is 452 g/mol. The summed E-state index contributed by atoms with van der Waals surface area (Å²) >= 11 is 12.6. The van der Waals surface area contributed by atoms with Crippen LogP contribution in [0.25, 0.3) is 6.08 Å². The highest BCUT2D eigenvalue weighted by Crippen LogP contribution is 2.31. The summed E-state index contributed by atoms with van der Waals surface area (Å²) in [6.07, 6.45) is 2.31. The fourth-order valence-corrected chi connectivity index (χ4v) is 4.19. The molecule has 2 amide bonds. The van der Waals surface area contributed by atoms with Gasteiger partial charge in [-0.15, -0.1) is 0 Å². The van der Waals surface area contributed by atoms with E-state index in [1.165, 1.54) is 22.7 Å². The number of nitrogens with zero attached hydrogens (tertiary/aromatic N) is 1. The molecule has 0 saturated carbocycles. The second-order valence-electron chi connectivity index (χ2n) is 6.69.